The summed E-state index contributed by atoms with van der Waals surface area (Å²) >= 11 is 3.78. The van der Waals surface area contributed by atoms with Gasteiger partial charge < -0.3 is 4.74 Å². The second-order valence-corrected chi connectivity index (χ2v) is 10.8. The van der Waals surface area contributed by atoms with Gasteiger partial charge in [-0.3, -0.25) is 4.79 Å². The van der Waals surface area contributed by atoms with E-state index in [1.165, 1.54) is 36.9 Å². The number of hydrogen-bond acceptors (Lipinski definition) is 7. The summed E-state index contributed by atoms with van der Waals surface area (Å²) in [4.78, 5) is 12.2. The lowest BCUT2D eigenvalue weighted by Crippen LogP contribution is -2.34. The zero-order valence-electron chi connectivity index (χ0n) is 15.1. The molecule has 0 N–H and O–H groups in total. The Morgan fingerprint density at radius 3 is 2.32 bits per heavy atom. The number of ether oxygens (including phenoxy) is 1. The second-order valence-electron chi connectivity index (χ2n) is 6.01. The van der Waals surface area contributed by atoms with Gasteiger partial charge in [-0.1, -0.05) is 12.1 Å². The highest BCUT2D eigenvalue weighted by molar-refractivity contribution is 8.19. The summed E-state index contributed by atoms with van der Waals surface area (Å²) in [5.74, 6) is 1.97. The predicted octanol–water partition coefficient (Wildman–Crippen LogP) is 3.26. The third kappa shape index (κ3) is 4.89. The van der Waals surface area contributed by atoms with Crippen molar-refractivity contribution in [2.45, 2.75) is 9.48 Å². The molecule has 1 fully saturated rings. The smallest absolute Gasteiger partial charge is 0.326 e. The maximum absolute atomic E-state index is 12.5. The molecule has 1 heterocycles. The van der Waals surface area contributed by atoms with Crippen LogP contribution in [0.15, 0.2) is 53.4 Å². The van der Waals surface area contributed by atoms with Gasteiger partial charge in [0.25, 0.3) is 0 Å². The van der Waals surface area contributed by atoms with Crippen LogP contribution in [-0.4, -0.2) is 43.8 Å². The number of nitriles is 1. The average molecular weight is 435 g/mol. The van der Waals surface area contributed by atoms with Crippen molar-refractivity contribution in [2.24, 2.45) is 0 Å². The van der Waals surface area contributed by atoms with Crippen molar-refractivity contribution in [3.8, 4) is 11.8 Å². The van der Waals surface area contributed by atoms with Gasteiger partial charge in [0.1, 0.15) is 12.3 Å². The largest absolute Gasteiger partial charge is 0.426 e. The van der Waals surface area contributed by atoms with Crippen LogP contribution in [-0.2, 0) is 14.8 Å². The van der Waals surface area contributed by atoms with E-state index in [-0.39, 0.29) is 4.90 Å². The van der Waals surface area contributed by atoms with Gasteiger partial charge in [-0.05, 0) is 42.0 Å². The Kier molecular flexibility index (Phi) is 6.67. The SMILES string of the molecule is CN(CC(=O)Oc1ccc(C2SCCS2)cc1)S(=O)(=O)c1ccc(C#N)cc1. The Bertz CT molecular complexity index is 977. The summed E-state index contributed by atoms with van der Waals surface area (Å²) in [7, 11) is -2.54. The molecule has 0 amide bonds. The van der Waals surface area contributed by atoms with Crippen molar-refractivity contribution in [1.82, 2.24) is 4.31 Å². The molecule has 28 heavy (non-hydrogen) atoms. The molecule has 0 aliphatic carbocycles. The van der Waals surface area contributed by atoms with Crippen molar-refractivity contribution in [2.75, 3.05) is 25.1 Å². The number of rotatable bonds is 6. The Morgan fingerprint density at radius 1 is 1.14 bits per heavy atom. The van der Waals surface area contributed by atoms with Crippen molar-refractivity contribution in [3.63, 3.8) is 0 Å². The van der Waals surface area contributed by atoms with E-state index in [4.69, 9.17) is 10.00 Å². The molecule has 0 bridgehead atoms. The molecule has 0 atom stereocenters. The lowest BCUT2D eigenvalue weighted by Gasteiger charge is -2.16. The van der Waals surface area contributed by atoms with Gasteiger partial charge in [0, 0.05) is 18.6 Å². The minimum Gasteiger partial charge on any atom is -0.426 e. The molecule has 9 heteroatoms. The van der Waals surface area contributed by atoms with E-state index < -0.39 is 22.5 Å². The van der Waals surface area contributed by atoms with Crippen LogP contribution in [0.2, 0.25) is 0 Å². The number of nitrogens with zero attached hydrogens (tertiary/aromatic N) is 2. The highest BCUT2D eigenvalue weighted by Gasteiger charge is 2.24. The fourth-order valence-corrected chi connectivity index (χ4v) is 6.53. The van der Waals surface area contributed by atoms with Crippen molar-refractivity contribution < 1.29 is 17.9 Å². The van der Waals surface area contributed by atoms with Crippen LogP contribution in [0.3, 0.4) is 0 Å². The van der Waals surface area contributed by atoms with Gasteiger partial charge in [-0.25, -0.2) is 8.42 Å². The molecule has 1 aliphatic rings. The molecule has 6 nitrogen and oxygen atoms in total. The summed E-state index contributed by atoms with van der Waals surface area (Å²) < 4.78 is 31.7. The molecule has 0 spiro atoms. The molecule has 2 aromatic rings. The summed E-state index contributed by atoms with van der Waals surface area (Å²) in [6, 6.07) is 14.7. The van der Waals surface area contributed by atoms with E-state index in [2.05, 4.69) is 0 Å². The summed E-state index contributed by atoms with van der Waals surface area (Å²) in [5, 5.41) is 8.80. The second kappa shape index (κ2) is 9.01. The van der Waals surface area contributed by atoms with Crippen molar-refractivity contribution in [1.29, 1.82) is 5.26 Å². The molecule has 0 aromatic heterocycles. The van der Waals surface area contributed by atoms with E-state index in [0.29, 0.717) is 15.9 Å². The first-order valence-electron chi connectivity index (χ1n) is 8.40. The fraction of sp³-hybridized carbons (Fsp3) is 0.263. The quantitative estimate of drug-likeness (QED) is 0.509. The van der Waals surface area contributed by atoms with Crippen LogP contribution in [0.1, 0.15) is 15.7 Å². The van der Waals surface area contributed by atoms with Gasteiger partial charge in [0.05, 0.1) is 21.1 Å². The molecule has 1 saturated heterocycles. The first-order valence-corrected chi connectivity index (χ1v) is 11.9. The van der Waals surface area contributed by atoms with E-state index >= 15 is 0 Å². The predicted molar refractivity (Wildman–Crippen MR) is 111 cm³/mol. The maximum atomic E-state index is 12.5. The van der Waals surface area contributed by atoms with Crippen LogP contribution >= 0.6 is 23.5 Å². The Morgan fingerprint density at radius 2 is 1.75 bits per heavy atom. The van der Waals surface area contributed by atoms with Crippen LogP contribution < -0.4 is 4.74 Å². The Labute approximate surface area is 172 Å². The number of thioether (sulfide) groups is 2. The number of benzene rings is 2. The van der Waals surface area contributed by atoms with E-state index in [1.54, 1.807) is 12.1 Å². The number of carbonyl (C=O) groups is 1. The number of esters is 1. The molecule has 3 rings (SSSR count). The standard InChI is InChI=1S/C19H18N2O4S3/c1-21(28(23,24)17-8-2-14(12-20)3-9-17)13-18(22)25-16-6-4-15(5-7-16)19-26-10-11-27-19/h2-9,19H,10-11,13H2,1H3. The third-order valence-electron chi connectivity index (χ3n) is 4.05. The van der Waals surface area contributed by atoms with Gasteiger partial charge in [-0.2, -0.15) is 9.57 Å². The lowest BCUT2D eigenvalue weighted by molar-refractivity contribution is -0.134. The molecular weight excluding hydrogens is 416 g/mol. The molecule has 0 unspecified atom stereocenters. The minimum atomic E-state index is -3.85. The van der Waals surface area contributed by atoms with E-state index in [0.717, 1.165) is 15.8 Å². The topological polar surface area (TPSA) is 87.5 Å². The van der Waals surface area contributed by atoms with Gasteiger partial charge in [0.2, 0.25) is 10.0 Å². The van der Waals surface area contributed by atoms with E-state index in [9.17, 15) is 13.2 Å². The number of sulfonamides is 1. The summed E-state index contributed by atoms with van der Waals surface area (Å²) in [6.45, 7) is -0.418. The van der Waals surface area contributed by atoms with Crippen LogP contribution in [0.4, 0.5) is 0 Å². The molecular formula is C19H18N2O4S3. The number of carbonyl (C=O) groups excluding carboxylic acids is 1. The van der Waals surface area contributed by atoms with Gasteiger partial charge in [-0.15, -0.1) is 23.5 Å². The third-order valence-corrected chi connectivity index (χ3v) is 8.97. The Hall–Kier alpha value is -1.99. The van der Waals surface area contributed by atoms with Crippen LogP contribution in [0.25, 0.3) is 0 Å². The molecule has 0 radical (unpaired) electrons. The number of likely N-dealkylation sites (N-methyl/N-ethyl adjacent to an activating group) is 1. The highest BCUT2D eigenvalue weighted by Crippen LogP contribution is 2.45. The monoisotopic (exact) mass is 434 g/mol. The first kappa shape index (κ1) is 20.7. The Balaban J connectivity index is 1.60. The normalized spacial score (nSPS) is 14.8. The molecule has 1 aliphatic heterocycles. The fourth-order valence-electron chi connectivity index (χ4n) is 2.56. The van der Waals surface area contributed by atoms with Gasteiger partial charge >= 0.3 is 5.97 Å². The van der Waals surface area contributed by atoms with Gasteiger partial charge in [0.15, 0.2) is 0 Å². The average Bonchev–Trinajstić information content (AvgIpc) is 3.23. The number of hydrogen-bond donors (Lipinski definition) is 0. The minimum absolute atomic E-state index is 0.0118. The van der Waals surface area contributed by atoms with Crippen LogP contribution in [0, 0.1) is 11.3 Å². The summed E-state index contributed by atoms with van der Waals surface area (Å²) in [6.07, 6.45) is 0. The summed E-state index contributed by atoms with van der Waals surface area (Å²) in [5.41, 5.74) is 1.53. The van der Waals surface area contributed by atoms with Crippen LogP contribution in [0.5, 0.6) is 5.75 Å². The molecule has 0 saturated carbocycles. The zero-order valence-corrected chi connectivity index (χ0v) is 17.5. The molecule has 146 valence electrons. The van der Waals surface area contributed by atoms with E-state index in [1.807, 2.05) is 41.7 Å². The highest BCUT2D eigenvalue weighted by atomic mass is 32.2. The lowest BCUT2D eigenvalue weighted by atomic mass is 10.2. The maximum Gasteiger partial charge on any atom is 0.326 e. The van der Waals surface area contributed by atoms with Crippen molar-refractivity contribution in [3.05, 3.63) is 59.7 Å². The van der Waals surface area contributed by atoms with Crippen molar-refractivity contribution >= 4 is 39.5 Å². The zero-order chi connectivity index (χ0) is 20.1. The first-order chi connectivity index (χ1) is 13.4. The molecule has 2 aromatic carbocycles.